The standard InChI is InChI=1S/C19H22ClN3OS/c1-25-17-5-2-4-15(12-17)14-22-8-3-9-23(11-10-22)19(24)18-7-6-16(20)13-21-18/h2,4-7,12-13H,3,8-11,14H2,1H3. The molecule has 4 nitrogen and oxygen atoms in total. The van der Waals surface area contributed by atoms with Crippen LogP contribution in [0.1, 0.15) is 22.5 Å². The van der Waals surface area contributed by atoms with E-state index >= 15 is 0 Å². The van der Waals surface area contributed by atoms with Crippen molar-refractivity contribution in [1.82, 2.24) is 14.8 Å². The van der Waals surface area contributed by atoms with Crippen LogP contribution in [-0.4, -0.2) is 53.1 Å². The van der Waals surface area contributed by atoms with Gasteiger partial charge in [0.25, 0.3) is 5.91 Å². The predicted octanol–water partition coefficient (Wildman–Crippen LogP) is 3.81. The number of thioether (sulfide) groups is 1. The number of benzene rings is 1. The van der Waals surface area contributed by atoms with E-state index in [1.165, 1.54) is 16.7 Å². The molecule has 1 amide bonds. The number of rotatable bonds is 4. The van der Waals surface area contributed by atoms with E-state index in [-0.39, 0.29) is 5.91 Å². The van der Waals surface area contributed by atoms with Crippen molar-refractivity contribution in [2.45, 2.75) is 17.9 Å². The van der Waals surface area contributed by atoms with Crippen LogP contribution in [0.5, 0.6) is 0 Å². The summed E-state index contributed by atoms with van der Waals surface area (Å²) < 4.78 is 0. The molecular formula is C19H22ClN3OS. The van der Waals surface area contributed by atoms with E-state index in [2.05, 4.69) is 40.4 Å². The number of nitrogens with zero attached hydrogens (tertiary/aromatic N) is 3. The molecule has 1 aliphatic heterocycles. The van der Waals surface area contributed by atoms with Crippen LogP contribution in [0.2, 0.25) is 5.02 Å². The highest BCUT2D eigenvalue weighted by Crippen LogP contribution is 2.18. The van der Waals surface area contributed by atoms with E-state index in [0.29, 0.717) is 10.7 Å². The molecule has 25 heavy (non-hydrogen) atoms. The van der Waals surface area contributed by atoms with Gasteiger partial charge < -0.3 is 4.90 Å². The number of carbonyl (C=O) groups excluding carboxylic acids is 1. The zero-order valence-corrected chi connectivity index (χ0v) is 15.9. The van der Waals surface area contributed by atoms with Crippen LogP contribution in [0.4, 0.5) is 0 Å². The molecule has 0 saturated carbocycles. The van der Waals surface area contributed by atoms with Gasteiger partial charge in [0, 0.05) is 43.8 Å². The lowest BCUT2D eigenvalue weighted by molar-refractivity contribution is 0.0755. The summed E-state index contributed by atoms with van der Waals surface area (Å²) in [4.78, 5) is 22.4. The van der Waals surface area contributed by atoms with Crippen LogP contribution in [0.25, 0.3) is 0 Å². The fourth-order valence-corrected chi connectivity index (χ4v) is 3.62. The molecule has 1 aromatic heterocycles. The van der Waals surface area contributed by atoms with Gasteiger partial charge in [0.2, 0.25) is 0 Å². The van der Waals surface area contributed by atoms with Crippen molar-refractivity contribution in [3.63, 3.8) is 0 Å². The van der Waals surface area contributed by atoms with Gasteiger partial charge >= 0.3 is 0 Å². The molecule has 0 atom stereocenters. The SMILES string of the molecule is CSc1cccc(CN2CCCN(C(=O)c3ccc(Cl)cn3)CC2)c1. The van der Waals surface area contributed by atoms with Crippen LogP contribution in [0.3, 0.4) is 0 Å². The summed E-state index contributed by atoms with van der Waals surface area (Å²) >= 11 is 7.61. The Morgan fingerprint density at radius 3 is 2.84 bits per heavy atom. The highest BCUT2D eigenvalue weighted by atomic mass is 35.5. The number of aromatic nitrogens is 1. The van der Waals surface area contributed by atoms with Crippen molar-refractivity contribution in [2.24, 2.45) is 0 Å². The second-order valence-corrected chi connectivity index (χ2v) is 7.45. The van der Waals surface area contributed by atoms with E-state index in [4.69, 9.17) is 11.6 Å². The summed E-state index contributed by atoms with van der Waals surface area (Å²) in [6.07, 6.45) is 4.60. The molecular weight excluding hydrogens is 354 g/mol. The summed E-state index contributed by atoms with van der Waals surface area (Å²) in [6.45, 7) is 4.30. The summed E-state index contributed by atoms with van der Waals surface area (Å²) in [6, 6.07) is 12.1. The third-order valence-corrected chi connectivity index (χ3v) is 5.31. The Hall–Kier alpha value is -1.56. The van der Waals surface area contributed by atoms with Gasteiger partial charge in [0.15, 0.2) is 0 Å². The van der Waals surface area contributed by atoms with E-state index in [0.717, 1.165) is 39.1 Å². The normalized spacial score (nSPS) is 15.8. The van der Waals surface area contributed by atoms with Gasteiger partial charge in [-0.05, 0) is 42.5 Å². The van der Waals surface area contributed by atoms with Crippen molar-refractivity contribution < 1.29 is 4.79 Å². The zero-order chi connectivity index (χ0) is 17.6. The van der Waals surface area contributed by atoms with E-state index in [1.54, 1.807) is 23.9 Å². The maximum atomic E-state index is 12.6. The van der Waals surface area contributed by atoms with Crippen molar-refractivity contribution in [3.8, 4) is 0 Å². The molecule has 0 radical (unpaired) electrons. The first kappa shape index (κ1) is 18.2. The first-order valence-electron chi connectivity index (χ1n) is 8.42. The number of hydrogen-bond donors (Lipinski definition) is 0. The van der Waals surface area contributed by atoms with E-state index in [9.17, 15) is 4.79 Å². The largest absolute Gasteiger partial charge is 0.336 e. The van der Waals surface area contributed by atoms with Crippen LogP contribution in [-0.2, 0) is 6.54 Å². The number of hydrogen-bond acceptors (Lipinski definition) is 4. The van der Waals surface area contributed by atoms with Gasteiger partial charge in [-0.25, -0.2) is 4.98 Å². The van der Waals surface area contributed by atoms with Crippen LogP contribution in [0.15, 0.2) is 47.5 Å². The van der Waals surface area contributed by atoms with E-state index in [1.807, 2.05) is 4.90 Å². The molecule has 2 aromatic rings. The number of carbonyl (C=O) groups is 1. The molecule has 0 aliphatic carbocycles. The molecule has 2 heterocycles. The molecule has 3 rings (SSSR count). The smallest absolute Gasteiger partial charge is 0.272 e. The predicted molar refractivity (Wildman–Crippen MR) is 103 cm³/mol. The average molecular weight is 376 g/mol. The minimum absolute atomic E-state index is 0.0112. The van der Waals surface area contributed by atoms with Crippen LogP contribution < -0.4 is 0 Å². The summed E-state index contributed by atoms with van der Waals surface area (Å²) in [5.41, 5.74) is 1.79. The second-order valence-electron chi connectivity index (χ2n) is 6.14. The second kappa shape index (κ2) is 8.70. The number of amides is 1. The van der Waals surface area contributed by atoms with Crippen molar-refractivity contribution in [1.29, 1.82) is 0 Å². The summed E-state index contributed by atoms with van der Waals surface area (Å²) in [5, 5.41) is 0.547. The Kier molecular flexibility index (Phi) is 6.34. The Morgan fingerprint density at radius 2 is 2.08 bits per heavy atom. The van der Waals surface area contributed by atoms with Crippen molar-refractivity contribution in [2.75, 3.05) is 32.4 Å². The molecule has 6 heteroatoms. The van der Waals surface area contributed by atoms with Gasteiger partial charge in [0.05, 0.1) is 5.02 Å². The Bertz CT molecular complexity index is 723. The van der Waals surface area contributed by atoms with Gasteiger partial charge in [-0.1, -0.05) is 23.7 Å². The molecule has 0 unspecified atom stereocenters. The Labute approximate surface area is 158 Å². The fourth-order valence-electron chi connectivity index (χ4n) is 3.03. The number of halogens is 1. The molecule has 1 aromatic carbocycles. The van der Waals surface area contributed by atoms with Crippen LogP contribution >= 0.6 is 23.4 Å². The minimum atomic E-state index is -0.0112. The lowest BCUT2D eigenvalue weighted by Crippen LogP contribution is -2.35. The van der Waals surface area contributed by atoms with Crippen LogP contribution in [0, 0.1) is 0 Å². The summed E-state index contributed by atoms with van der Waals surface area (Å²) in [7, 11) is 0. The fraction of sp³-hybridized carbons (Fsp3) is 0.368. The lowest BCUT2D eigenvalue weighted by Gasteiger charge is -2.22. The third kappa shape index (κ3) is 4.97. The van der Waals surface area contributed by atoms with Crippen molar-refractivity contribution in [3.05, 3.63) is 58.9 Å². The van der Waals surface area contributed by atoms with Crippen molar-refractivity contribution >= 4 is 29.3 Å². The van der Waals surface area contributed by atoms with Gasteiger partial charge in [-0.2, -0.15) is 0 Å². The molecule has 0 spiro atoms. The lowest BCUT2D eigenvalue weighted by atomic mass is 10.2. The Morgan fingerprint density at radius 1 is 1.20 bits per heavy atom. The molecule has 132 valence electrons. The molecule has 1 saturated heterocycles. The average Bonchev–Trinajstić information content (AvgIpc) is 2.87. The zero-order valence-electron chi connectivity index (χ0n) is 14.3. The minimum Gasteiger partial charge on any atom is -0.336 e. The Balaban J connectivity index is 1.60. The third-order valence-electron chi connectivity index (χ3n) is 4.36. The van der Waals surface area contributed by atoms with Gasteiger partial charge in [-0.3, -0.25) is 9.69 Å². The van der Waals surface area contributed by atoms with Gasteiger partial charge in [0.1, 0.15) is 5.69 Å². The highest BCUT2D eigenvalue weighted by molar-refractivity contribution is 7.98. The van der Waals surface area contributed by atoms with Gasteiger partial charge in [-0.15, -0.1) is 11.8 Å². The molecule has 1 fully saturated rings. The monoisotopic (exact) mass is 375 g/mol. The highest BCUT2D eigenvalue weighted by Gasteiger charge is 2.21. The molecule has 1 aliphatic rings. The summed E-state index contributed by atoms with van der Waals surface area (Å²) in [5.74, 6) is -0.0112. The van der Waals surface area contributed by atoms with E-state index < -0.39 is 0 Å². The maximum Gasteiger partial charge on any atom is 0.272 e. The molecule has 0 bridgehead atoms. The number of pyridine rings is 1. The topological polar surface area (TPSA) is 36.4 Å². The first-order valence-corrected chi connectivity index (χ1v) is 10.0. The molecule has 0 N–H and O–H groups in total. The first-order chi connectivity index (χ1) is 12.2. The maximum absolute atomic E-state index is 12.6. The quantitative estimate of drug-likeness (QED) is 0.761.